The predicted molar refractivity (Wildman–Crippen MR) is 64.0 cm³/mol. The van der Waals surface area contributed by atoms with Crippen molar-refractivity contribution in [3.63, 3.8) is 0 Å². The van der Waals surface area contributed by atoms with Gasteiger partial charge in [-0.3, -0.25) is 0 Å². The van der Waals surface area contributed by atoms with E-state index in [0.717, 1.165) is 6.54 Å². The van der Waals surface area contributed by atoms with E-state index >= 15 is 0 Å². The Bertz CT molecular complexity index is 379. The first kappa shape index (κ1) is 9.37. The number of hydrogen-bond acceptors (Lipinski definition) is 2. The molecule has 1 fully saturated rings. The molecule has 1 saturated carbocycles. The lowest BCUT2D eigenvalue weighted by molar-refractivity contribution is 0.715. The van der Waals surface area contributed by atoms with Crippen LogP contribution in [0.4, 0.5) is 0 Å². The highest BCUT2D eigenvalue weighted by Crippen LogP contribution is 2.55. The molecule has 3 rings (SSSR count). The first-order valence-electron chi connectivity index (χ1n) is 5.27. The summed E-state index contributed by atoms with van der Waals surface area (Å²) >= 11 is 5.79. The van der Waals surface area contributed by atoms with E-state index in [1.807, 2.05) is 11.3 Å². The van der Waals surface area contributed by atoms with Crippen LogP contribution in [0.15, 0.2) is 4.47 Å². The molecule has 0 aromatic carbocycles. The minimum Gasteiger partial charge on any atom is -0.330 e. The van der Waals surface area contributed by atoms with E-state index in [4.69, 9.17) is 5.73 Å². The lowest BCUT2D eigenvalue weighted by Crippen LogP contribution is -2.18. The molecule has 1 nitrogen and oxygen atoms in total. The maximum atomic E-state index is 5.87. The van der Waals surface area contributed by atoms with Crippen molar-refractivity contribution in [2.75, 3.05) is 6.54 Å². The number of fused-ring (bicyclic) bond motifs is 1. The van der Waals surface area contributed by atoms with Crippen molar-refractivity contribution in [2.45, 2.75) is 37.5 Å². The summed E-state index contributed by atoms with van der Waals surface area (Å²) in [6.45, 7) is 0.824. The Morgan fingerprint density at radius 3 is 2.71 bits per heavy atom. The van der Waals surface area contributed by atoms with E-state index in [-0.39, 0.29) is 0 Å². The van der Waals surface area contributed by atoms with Crippen molar-refractivity contribution < 1.29 is 0 Å². The largest absolute Gasteiger partial charge is 0.330 e. The van der Waals surface area contributed by atoms with Gasteiger partial charge in [-0.25, -0.2) is 0 Å². The number of hydrogen-bond donors (Lipinski definition) is 1. The topological polar surface area (TPSA) is 26.0 Å². The quantitative estimate of drug-likeness (QED) is 0.880. The van der Waals surface area contributed by atoms with Gasteiger partial charge in [0, 0.05) is 26.2 Å². The van der Waals surface area contributed by atoms with Crippen LogP contribution in [0.5, 0.6) is 0 Å². The van der Waals surface area contributed by atoms with E-state index in [2.05, 4.69) is 15.9 Å². The van der Waals surface area contributed by atoms with Gasteiger partial charge in [0.15, 0.2) is 0 Å². The fraction of sp³-hybridized carbons (Fsp3) is 0.636. The molecule has 0 unspecified atom stereocenters. The maximum Gasteiger partial charge on any atom is 0.0355 e. The van der Waals surface area contributed by atoms with E-state index in [1.54, 1.807) is 15.3 Å². The van der Waals surface area contributed by atoms with E-state index in [1.165, 1.54) is 36.6 Å². The summed E-state index contributed by atoms with van der Waals surface area (Å²) in [7, 11) is 0. The second kappa shape index (κ2) is 3.06. The molecule has 1 aromatic rings. The van der Waals surface area contributed by atoms with Gasteiger partial charge in [0.2, 0.25) is 0 Å². The van der Waals surface area contributed by atoms with Crippen molar-refractivity contribution in [1.29, 1.82) is 0 Å². The van der Waals surface area contributed by atoms with Crippen molar-refractivity contribution >= 4 is 27.3 Å². The number of aryl methyl sites for hydroxylation is 1. The van der Waals surface area contributed by atoms with Crippen molar-refractivity contribution in [3.8, 4) is 0 Å². The van der Waals surface area contributed by atoms with Gasteiger partial charge >= 0.3 is 0 Å². The Morgan fingerprint density at radius 1 is 1.36 bits per heavy atom. The average molecular weight is 272 g/mol. The number of halogens is 1. The number of nitrogens with two attached hydrogens (primary N) is 1. The van der Waals surface area contributed by atoms with Gasteiger partial charge < -0.3 is 5.73 Å². The minimum atomic E-state index is 0.369. The van der Waals surface area contributed by atoms with Crippen LogP contribution in [0.3, 0.4) is 0 Å². The molecule has 0 bridgehead atoms. The van der Waals surface area contributed by atoms with Gasteiger partial charge in [0.1, 0.15) is 0 Å². The second-order valence-electron chi connectivity index (χ2n) is 4.48. The first-order valence-corrected chi connectivity index (χ1v) is 6.88. The zero-order chi connectivity index (χ0) is 9.76. The zero-order valence-corrected chi connectivity index (χ0v) is 10.5. The number of rotatable bonds is 2. The lowest BCUT2D eigenvalue weighted by Gasteiger charge is -2.10. The molecule has 0 amide bonds. The summed E-state index contributed by atoms with van der Waals surface area (Å²) in [5, 5.41) is 0. The first-order chi connectivity index (χ1) is 6.77. The van der Waals surface area contributed by atoms with Crippen LogP contribution in [0.1, 0.15) is 34.6 Å². The van der Waals surface area contributed by atoms with Crippen LogP contribution in [0.25, 0.3) is 0 Å². The molecule has 0 saturated heterocycles. The van der Waals surface area contributed by atoms with Gasteiger partial charge in [0.05, 0.1) is 0 Å². The fourth-order valence-corrected chi connectivity index (χ4v) is 5.15. The molecule has 0 atom stereocenters. The van der Waals surface area contributed by atoms with Crippen LogP contribution >= 0.6 is 27.3 Å². The van der Waals surface area contributed by atoms with Gasteiger partial charge in [-0.1, -0.05) is 0 Å². The summed E-state index contributed by atoms with van der Waals surface area (Å²) in [4.78, 5) is 3.16. The lowest BCUT2D eigenvalue weighted by atomic mass is 10.0. The van der Waals surface area contributed by atoms with Crippen LogP contribution in [-0.2, 0) is 18.3 Å². The molecule has 3 heteroatoms. The highest BCUT2D eigenvalue weighted by atomic mass is 79.9. The molecule has 2 aliphatic rings. The van der Waals surface area contributed by atoms with Crippen molar-refractivity contribution in [1.82, 2.24) is 0 Å². The Morgan fingerprint density at radius 2 is 2.14 bits per heavy atom. The smallest absolute Gasteiger partial charge is 0.0355 e. The minimum absolute atomic E-state index is 0.369. The Hall–Kier alpha value is 0.140. The standard InChI is InChI=1S/C11H14BrNS/c12-9-7-2-1-3-8(7)14-10(9)11(6-13)4-5-11/h1-6,13H2. The number of thiophene rings is 1. The van der Waals surface area contributed by atoms with Crippen molar-refractivity contribution in [2.24, 2.45) is 5.73 Å². The summed E-state index contributed by atoms with van der Waals surface area (Å²) < 4.78 is 1.40. The van der Waals surface area contributed by atoms with Crippen molar-refractivity contribution in [3.05, 3.63) is 19.8 Å². The summed E-state index contributed by atoms with van der Waals surface area (Å²) in [6.07, 6.45) is 6.49. The maximum absolute atomic E-state index is 5.87. The average Bonchev–Trinajstić information content (AvgIpc) is 2.73. The van der Waals surface area contributed by atoms with E-state index < -0.39 is 0 Å². The molecule has 0 spiro atoms. The Kier molecular flexibility index (Phi) is 2.05. The predicted octanol–water partition coefficient (Wildman–Crippen LogP) is 2.99. The van der Waals surface area contributed by atoms with Gasteiger partial charge in [0.25, 0.3) is 0 Å². The summed E-state index contributed by atoms with van der Waals surface area (Å²) in [5.41, 5.74) is 7.83. The van der Waals surface area contributed by atoms with Gasteiger partial charge in [-0.2, -0.15) is 0 Å². The Balaban J connectivity index is 2.08. The van der Waals surface area contributed by atoms with E-state index in [9.17, 15) is 0 Å². The molecule has 0 radical (unpaired) electrons. The van der Waals surface area contributed by atoms with Gasteiger partial charge in [-0.05, 0) is 53.6 Å². The van der Waals surface area contributed by atoms with Crippen LogP contribution in [-0.4, -0.2) is 6.54 Å². The SMILES string of the molecule is NCC1(c2sc3c(c2Br)CCC3)CC1. The molecule has 2 N–H and O–H groups in total. The molecular formula is C11H14BrNS. The molecule has 14 heavy (non-hydrogen) atoms. The molecule has 0 aliphatic heterocycles. The monoisotopic (exact) mass is 271 g/mol. The molecule has 2 aliphatic carbocycles. The summed E-state index contributed by atoms with van der Waals surface area (Å²) in [5.74, 6) is 0. The molecule has 1 aromatic heterocycles. The molecule has 1 heterocycles. The second-order valence-corrected chi connectivity index (χ2v) is 6.38. The normalized spacial score (nSPS) is 22.4. The van der Waals surface area contributed by atoms with Crippen LogP contribution in [0.2, 0.25) is 0 Å². The zero-order valence-electron chi connectivity index (χ0n) is 8.11. The Labute approximate surface area is 96.8 Å². The molecular weight excluding hydrogens is 258 g/mol. The summed E-state index contributed by atoms with van der Waals surface area (Å²) in [6, 6.07) is 0. The van der Waals surface area contributed by atoms with Crippen LogP contribution < -0.4 is 5.73 Å². The molecule has 76 valence electrons. The highest BCUT2D eigenvalue weighted by molar-refractivity contribution is 9.10. The third-order valence-electron chi connectivity index (χ3n) is 3.58. The van der Waals surface area contributed by atoms with E-state index in [0.29, 0.717) is 5.41 Å². The highest BCUT2D eigenvalue weighted by Gasteiger charge is 2.46. The fourth-order valence-electron chi connectivity index (χ4n) is 2.38. The third-order valence-corrected chi connectivity index (χ3v) is 6.26. The third kappa shape index (κ3) is 1.15. The van der Waals surface area contributed by atoms with Gasteiger partial charge in [-0.15, -0.1) is 11.3 Å². The van der Waals surface area contributed by atoms with Crippen LogP contribution in [0, 0.1) is 0 Å².